The molecule has 4 heteroatoms. The van der Waals surface area contributed by atoms with Crippen LogP contribution in [0.3, 0.4) is 0 Å². The number of hydrogen-bond donors (Lipinski definition) is 3. The molecule has 5 fully saturated rings. The molecule has 4 bridgehead atoms. The zero-order valence-electron chi connectivity index (χ0n) is 12.9. The van der Waals surface area contributed by atoms with E-state index in [1.807, 2.05) is 0 Å². The predicted octanol–water partition coefficient (Wildman–Crippen LogP) is 2.52. The molecule has 5 aliphatic rings. The molecule has 5 aliphatic carbocycles. The Balaban J connectivity index is 1.38. The third kappa shape index (κ3) is 2.67. The lowest BCUT2D eigenvalue weighted by Gasteiger charge is -2.56. The Kier molecular flexibility index (Phi) is 3.40. The summed E-state index contributed by atoms with van der Waals surface area (Å²) in [5, 5.41) is 6.56. The largest absolute Gasteiger partial charge is 0.334 e. The van der Waals surface area contributed by atoms with Crippen LogP contribution in [0.4, 0.5) is 4.79 Å². The maximum Gasteiger partial charge on any atom is 0.315 e. The van der Waals surface area contributed by atoms with E-state index in [2.05, 4.69) is 10.6 Å². The van der Waals surface area contributed by atoms with Crippen molar-refractivity contribution >= 4 is 6.03 Å². The van der Waals surface area contributed by atoms with Crippen LogP contribution in [0.2, 0.25) is 0 Å². The standard InChI is InChI=1S/C17H29N3O/c18-14-3-1-2-4-15(14)19-16(21)20-17-8-11-5-12(9-17)7-13(6-11)10-17/h11-15H,1-10,18H2,(H2,19,20,21)/t11?,12?,13?,14-,15-,17?/m1/s1. The van der Waals surface area contributed by atoms with E-state index in [0.717, 1.165) is 30.6 Å². The van der Waals surface area contributed by atoms with E-state index in [1.54, 1.807) is 0 Å². The normalized spacial score (nSPS) is 48.1. The number of urea groups is 1. The first-order chi connectivity index (χ1) is 10.1. The SMILES string of the molecule is N[C@@H]1CCCC[C@H]1NC(=O)NC12CC3CC(CC(C3)C1)C2. The first-order valence-corrected chi connectivity index (χ1v) is 8.96. The van der Waals surface area contributed by atoms with Gasteiger partial charge in [0.15, 0.2) is 0 Å². The number of carbonyl (C=O) groups is 1. The van der Waals surface area contributed by atoms with Gasteiger partial charge in [-0.1, -0.05) is 12.8 Å². The van der Waals surface area contributed by atoms with Crippen LogP contribution in [0.5, 0.6) is 0 Å². The molecule has 2 atom stereocenters. The Bertz CT molecular complexity index is 387. The Morgan fingerprint density at radius 1 is 0.952 bits per heavy atom. The molecule has 0 aromatic carbocycles. The molecule has 21 heavy (non-hydrogen) atoms. The molecule has 2 amide bonds. The van der Waals surface area contributed by atoms with Gasteiger partial charge in [-0.15, -0.1) is 0 Å². The molecule has 0 radical (unpaired) electrons. The summed E-state index contributed by atoms with van der Waals surface area (Å²) in [4.78, 5) is 12.5. The summed E-state index contributed by atoms with van der Waals surface area (Å²) in [7, 11) is 0. The average Bonchev–Trinajstić information content (AvgIpc) is 2.39. The van der Waals surface area contributed by atoms with Gasteiger partial charge < -0.3 is 16.4 Å². The number of hydrogen-bond acceptors (Lipinski definition) is 2. The Morgan fingerprint density at radius 2 is 1.52 bits per heavy atom. The van der Waals surface area contributed by atoms with Crippen molar-refractivity contribution in [1.82, 2.24) is 10.6 Å². The predicted molar refractivity (Wildman–Crippen MR) is 82.8 cm³/mol. The van der Waals surface area contributed by atoms with Crippen molar-refractivity contribution in [2.75, 3.05) is 0 Å². The fourth-order valence-corrected chi connectivity index (χ4v) is 6.05. The third-order valence-corrected chi connectivity index (χ3v) is 6.55. The van der Waals surface area contributed by atoms with Crippen LogP contribution in [-0.4, -0.2) is 23.7 Å². The minimum Gasteiger partial charge on any atom is -0.334 e. The van der Waals surface area contributed by atoms with E-state index < -0.39 is 0 Å². The van der Waals surface area contributed by atoms with Crippen LogP contribution in [0, 0.1) is 17.8 Å². The van der Waals surface area contributed by atoms with Crippen LogP contribution < -0.4 is 16.4 Å². The first kappa shape index (κ1) is 13.9. The van der Waals surface area contributed by atoms with E-state index in [1.165, 1.54) is 51.4 Å². The quantitative estimate of drug-likeness (QED) is 0.732. The molecular weight excluding hydrogens is 262 g/mol. The van der Waals surface area contributed by atoms with Gasteiger partial charge in [0.25, 0.3) is 0 Å². The van der Waals surface area contributed by atoms with Gasteiger partial charge in [0.1, 0.15) is 0 Å². The Hall–Kier alpha value is -0.770. The van der Waals surface area contributed by atoms with Gasteiger partial charge in [0.2, 0.25) is 0 Å². The highest BCUT2D eigenvalue weighted by molar-refractivity contribution is 5.75. The van der Waals surface area contributed by atoms with E-state index >= 15 is 0 Å². The number of rotatable bonds is 2. The molecule has 118 valence electrons. The number of nitrogens with one attached hydrogen (secondary N) is 2. The molecule has 0 aromatic heterocycles. The van der Waals surface area contributed by atoms with Gasteiger partial charge in [-0.2, -0.15) is 0 Å². The number of carbonyl (C=O) groups excluding carboxylic acids is 1. The highest BCUT2D eigenvalue weighted by Crippen LogP contribution is 2.55. The monoisotopic (exact) mass is 291 g/mol. The lowest BCUT2D eigenvalue weighted by atomic mass is 9.53. The van der Waals surface area contributed by atoms with Crippen LogP contribution in [0.15, 0.2) is 0 Å². The zero-order chi connectivity index (χ0) is 14.4. The van der Waals surface area contributed by atoms with Crippen molar-refractivity contribution in [3.05, 3.63) is 0 Å². The molecule has 0 spiro atoms. The lowest BCUT2D eigenvalue weighted by molar-refractivity contribution is -0.0137. The zero-order valence-corrected chi connectivity index (χ0v) is 12.9. The second-order valence-electron chi connectivity index (χ2n) is 8.35. The summed E-state index contributed by atoms with van der Waals surface area (Å²) in [6, 6.07) is 0.354. The van der Waals surface area contributed by atoms with E-state index in [-0.39, 0.29) is 23.7 Å². The molecule has 5 rings (SSSR count). The summed E-state index contributed by atoms with van der Waals surface area (Å²) in [5.74, 6) is 2.61. The molecule has 0 saturated heterocycles. The van der Waals surface area contributed by atoms with Crippen molar-refractivity contribution in [3.8, 4) is 0 Å². The maximum atomic E-state index is 12.5. The van der Waals surface area contributed by atoms with Gasteiger partial charge >= 0.3 is 6.03 Å². The van der Waals surface area contributed by atoms with Crippen LogP contribution in [-0.2, 0) is 0 Å². The van der Waals surface area contributed by atoms with Crippen molar-refractivity contribution < 1.29 is 4.79 Å². The Labute approximate surface area is 127 Å². The van der Waals surface area contributed by atoms with E-state index in [4.69, 9.17) is 5.73 Å². The van der Waals surface area contributed by atoms with Crippen LogP contribution in [0.25, 0.3) is 0 Å². The van der Waals surface area contributed by atoms with Gasteiger partial charge in [-0.05, 0) is 69.1 Å². The van der Waals surface area contributed by atoms with Crippen molar-refractivity contribution in [3.63, 3.8) is 0 Å². The summed E-state index contributed by atoms with van der Waals surface area (Å²) in [5.41, 5.74) is 6.25. The van der Waals surface area contributed by atoms with Gasteiger partial charge in [0, 0.05) is 17.6 Å². The highest BCUT2D eigenvalue weighted by Gasteiger charge is 2.51. The highest BCUT2D eigenvalue weighted by atomic mass is 16.2. The summed E-state index contributed by atoms with van der Waals surface area (Å²) in [6.07, 6.45) is 12.3. The van der Waals surface area contributed by atoms with Gasteiger partial charge in [0.05, 0.1) is 0 Å². The number of nitrogens with two attached hydrogens (primary N) is 1. The molecule has 4 N–H and O–H groups in total. The summed E-state index contributed by atoms with van der Waals surface area (Å²) < 4.78 is 0. The minimum atomic E-state index is 0.0410. The van der Waals surface area contributed by atoms with Crippen molar-refractivity contribution in [2.45, 2.75) is 81.8 Å². The van der Waals surface area contributed by atoms with E-state index in [9.17, 15) is 4.79 Å². The first-order valence-electron chi connectivity index (χ1n) is 8.96. The minimum absolute atomic E-state index is 0.0410. The number of amides is 2. The second-order valence-corrected chi connectivity index (χ2v) is 8.35. The second kappa shape index (κ2) is 5.15. The molecule has 0 aromatic rings. The summed E-state index contributed by atoms with van der Waals surface area (Å²) in [6.45, 7) is 0. The van der Waals surface area contributed by atoms with Gasteiger partial charge in [-0.3, -0.25) is 0 Å². The molecule has 0 aliphatic heterocycles. The maximum absolute atomic E-state index is 12.5. The molecule has 0 heterocycles. The fraction of sp³-hybridized carbons (Fsp3) is 0.941. The molecular formula is C17H29N3O. The average molecular weight is 291 g/mol. The molecule has 0 unspecified atom stereocenters. The lowest BCUT2D eigenvalue weighted by Crippen LogP contribution is -2.63. The topological polar surface area (TPSA) is 67.1 Å². The van der Waals surface area contributed by atoms with Crippen LogP contribution in [0.1, 0.15) is 64.2 Å². The van der Waals surface area contributed by atoms with Crippen molar-refractivity contribution in [1.29, 1.82) is 0 Å². The van der Waals surface area contributed by atoms with Gasteiger partial charge in [-0.25, -0.2) is 4.79 Å². The van der Waals surface area contributed by atoms with E-state index in [0.29, 0.717) is 0 Å². The summed E-state index contributed by atoms with van der Waals surface area (Å²) >= 11 is 0. The Morgan fingerprint density at radius 3 is 2.10 bits per heavy atom. The smallest absolute Gasteiger partial charge is 0.315 e. The fourth-order valence-electron chi connectivity index (χ4n) is 6.05. The third-order valence-electron chi connectivity index (χ3n) is 6.55. The molecule has 4 nitrogen and oxygen atoms in total. The van der Waals surface area contributed by atoms with Crippen LogP contribution >= 0.6 is 0 Å². The molecule has 5 saturated carbocycles. The van der Waals surface area contributed by atoms with Crippen molar-refractivity contribution in [2.24, 2.45) is 23.5 Å².